The largest absolute Gasteiger partial charge is 0.438 e. The van der Waals surface area contributed by atoms with Gasteiger partial charge < -0.3 is 10.5 Å². The zero-order valence-corrected chi connectivity index (χ0v) is 14.4. The first-order chi connectivity index (χ1) is 12.0. The number of nitrogen functional groups attached to an aromatic ring is 1. The summed E-state index contributed by atoms with van der Waals surface area (Å²) < 4.78 is 5.88. The minimum Gasteiger partial charge on any atom is -0.438 e. The molecule has 25 heavy (non-hydrogen) atoms. The second-order valence-corrected chi connectivity index (χ2v) is 5.78. The molecule has 3 rings (SSSR count). The Morgan fingerprint density at radius 2 is 1.76 bits per heavy atom. The van der Waals surface area contributed by atoms with Gasteiger partial charge in [-0.3, -0.25) is 5.41 Å². The molecule has 0 radical (unpaired) electrons. The quantitative estimate of drug-likeness (QED) is 0.711. The van der Waals surface area contributed by atoms with Crippen molar-refractivity contribution in [2.45, 2.75) is 20.8 Å². The maximum atomic E-state index is 5.90. The minimum atomic E-state index is 0.380. The molecule has 4 N–H and O–H groups in total. The van der Waals surface area contributed by atoms with Crippen molar-refractivity contribution in [1.29, 1.82) is 0 Å². The molecule has 0 aliphatic carbocycles. The third-order valence-electron chi connectivity index (χ3n) is 4.06. The number of nitrogens with two attached hydrogens (primary N) is 2. The van der Waals surface area contributed by atoms with E-state index < -0.39 is 0 Å². The molecule has 6 heteroatoms. The van der Waals surface area contributed by atoms with Crippen LogP contribution >= 0.6 is 0 Å². The van der Waals surface area contributed by atoms with E-state index in [0.717, 1.165) is 28.1 Å². The van der Waals surface area contributed by atoms with Crippen LogP contribution in [0.4, 0.5) is 5.69 Å². The number of pyridine rings is 1. The maximum Gasteiger partial charge on any atom is 0.234 e. The molecular weight excluding hydrogens is 314 g/mol. The highest BCUT2D eigenvalue weighted by Crippen LogP contribution is 2.32. The Morgan fingerprint density at radius 3 is 2.40 bits per heavy atom. The van der Waals surface area contributed by atoms with Crippen molar-refractivity contribution >= 4 is 11.9 Å². The van der Waals surface area contributed by atoms with Crippen molar-refractivity contribution < 1.29 is 10.1 Å². The van der Waals surface area contributed by atoms with Crippen molar-refractivity contribution in [2.24, 2.45) is 0 Å². The standard InChI is InChI=1S/C19H19N5O/c1-11-8-14(25-19-16(9-20)17(21)6-7-22-19)4-5-15(11)18-12(2)23-10-24-13(18)3/h4-10,20H,1-3H3,(H2,21,22)/p+1. The summed E-state index contributed by atoms with van der Waals surface area (Å²) in [6.07, 6.45) is 4.57. The predicted molar refractivity (Wildman–Crippen MR) is 97.5 cm³/mol. The number of anilines is 1. The molecule has 0 atom stereocenters. The van der Waals surface area contributed by atoms with Gasteiger partial charge in [0.25, 0.3) is 0 Å². The lowest BCUT2D eigenvalue weighted by Crippen LogP contribution is -2.30. The lowest BCUT2D eigenvalue weighted by atomic mass is 9.98. The van der Waals surface area contributed by atoms with Crippen molar-refractivity contribution in [1.82, 2.24) is 15.0 Å². The summed E-state index contributed by atoms with van der Waals surface area (Å²) in [4.78, 5) is 12.8. The van der Waals surface area contributed by atoms with Gasteiger partial charge in [0.1, 0.15) is 17.6 Å². The molecule has 0 fully saturated rings. The summed E-state index contributed by atoms with van der Waals surface area (Å²) in [6.45, 7) is 5.98. The molecule has 0 aliphatic rings. The number of benzene rings is 1. The number of aromatic nitrogens is 3. The molecule has 126 valence electrons. The van der Waals surface area contributed by atoms with Crippen LogP contribution in [0.3, 0.4) is 0 Å². The van der Waals surface area contributed by atoms with E-state index >= 15 is 0 Å². The lowest BCUT2D eigenvalue weighted by molar-refractivity contribution is -0.104. The van der Waals surface area contributed by atoms with Crippen molar-refractivity contribution in [3.8, 4) is 22.8 Å². The molecule has 0 saturated heterocycles. The van der Waals surface area contributed by atoms with Crippen LogP contribution in [0.5, 0.6) is 11.6 Å². The van der Waals surface area contributed by atoms with Crippen molar-refractivity contribution in [3.05, 3.63) is 59.3 Å². The van der Waals surface area contributed by atoms with Gasteiger partial charge in [-0.25, -0.2) is 15.0 Å². The van der Waals surface area contributed by atoms with Gasteiger partial charge in [-0.15, -0.1) is 0 Å². The zero-order chi connectivity index (χ0) is 18.0. The van der Waals surface area contributed by atoms with Gasteiger partial charge in [-0.2, -0.15) is 0 Å². The third-order valence-corrected chi connectivity index (χ3v) is 4.06. The van der Waals surface area contributed by atoms with Crippen LogP contribution in [0.1, 0.15) is 22.5 Å². The fraction of sp³-hybridized carbons (Fsp3) is 0.158. The SMILES string of the molecule is Cc1cc(Oc2nccc(N)c2C=[NH2+])ccc1-c1c(C)ncnc1C. The van der Waals surface area contributed by atoms with Gasteiger partial charge >= 0.3 is 0 Å². The van der Waals surface area contributed by atoms with E-state index in [2.05, 4.69) is 15.0 Å². The van der Waals surface area contributed by atoms with Crippen LogP contribution in [0.2, 0.25) is 0 Å². The van der Waals surface area contributed by atoms with Crippen LogP contribution in [-0.4, -0.2) is 21.2 Å². The highest BCUT2D eigenvalue weighted by Gasteiger charge is 2.13. The highest BCUT2D eigenvalue weighted by atomic mass is 16.5. The Morgan fingerprint density at radius 1 is 1.04 bits per heavy atom. The van der Waals surface area contributed by atoms with Gasteiger partial charge in [0.2, 0.25) is 5.88 Å². The fourth-order valence-electron chi connectivity index (χ4n) is 2.79. The molecule has 6 nitrogen and oxygen atoms in total. The number of hydrogen-bond donors (Lipinski definition) is 2. The van der Waals surface area contributed by atoms with E-state index in [-0.39, 0.29) is 0 Å². The van der Waals surface area contributed by atoms with Gasteiger partial charge in [-0.05, 0) is 50.1 Å². The Labute approximate surface area is 146 Å². The monoisotopic (exact) mass is 334 g/mol. The van der Waals surface area contributed by atoms with E-state index in [1.165, 1.54) is 6.21 Å². The molecule has 0 spiro atoms. The maximum absolute atomic E-state index is 5.90. The number of aryl methyl sites for hydroxylation is 3. The number of ether oxygens (including phenoxy) is 1. The normalized spacial score (nSPS) is 10.5. The number of nitrogens with zero attached hydrogens (tertiary/aromatic N) is 3. The van der Waals surface area contributed by atoms with Gasteiger partial charge in [0, 0.05) is 23.1 Å². The molecule has 1 aromatic carbocycles. The molecule has 0 bridgehead atoms. The smallest absolute Gasteiger partial charge is 0.234 e. The summed E-state index contributed by atoms with van der Waals surface area (Å²) in [5.41, 5.74) is 12.1. The molecule has 0 unspecified atom stereocenters. The number of hydrogen-bond acceptors (Lipinski definition) is 5. The predicted octanol–water partition coefficient (Wildman–Crippen LogP) is 2.02. The summed E-state index contributed by atoms with van der Waals surface area (Å²) in [6, 6.07) is 7.52. The molecule has 0 amide bonds. The molecule has 0 aliphatic heterocycles. The van der Waals surface area contributed by atoms with Crippen LogP contribution in [-0.2, 0) is 0 Å². The first kappa shape index (κ1) is 16.6. The Hall–Kier alpha value is -3.28. The molecule has 3 aromatic rings. The average Bonchev–Trinajstić information content (AvgIpc) is 2.57. The first-order valence-electron chi connectivity index (χ1n) is 7.87. The summed E-state index contributed by atoms with van der Waals surface area (Å²) in [5.74, 6) is 1.04. The minimum absolute atomic E-state index is 0.380. The fourth-order valence-corrected chi connectivity index (χ4v) is 2.79. The van der Waals surface area contributed by atoms with Crippen LogP contribution < -0.4 is 15.9 Å². The molecule has 2 heterocycles. The summed E-state index contributed by atoms with van der Waals surface area (Å²) >= 11 is 0. The lowest BCUT2D eigenvalue weighted by Gasteiger charge is -2.13. The Bertz CT molecular complexity index is 932. The van der Waals surface area contributed by atoms with Crippen LogP contribution in [0.25, 0.3) is 11.1 Å². The summed E-state index contributed by atoms with van der Waals surface area (Å²) in [5, 5.41) is 5.63. The Kier molecular flexibility index (Phi) is 4.43. The second-order valence-electron chi connectivity index (χ2n) is 5.78. The molecular formula is C19H20N5O+. The van der Waals surface area contributed by atoms with Crippen molar-refractivity contribution in [2.75, 3.05) is 5.73 Å². The van der Waals surface area contributed by atoms with E-state index in [1.807, 2.05) is 39.0 Å². The highest BCUT2D eigenvalue weighted by molar-refractivity contribution is 5.86. The van der Waals surface area contributed by atoms with Gasteiger partial charge in [0.05, 0.1) is 5.69 Å². The van der Waals surface area contributed by atoms with E-state index in [4.69, 9.17) is 15.9 Å². The van der Waals surface area contributed by atoms with Gasteiger partial charge in [-0.1, -0.05) is 6.07 Å². The van der Waals surface area contributed by atoms with Crippen molar-refractivity contribution in [3.63, 3.8) is 0 Å². The third kappa shape index (κ3) is 3.19. The summed E-state index contributed by atoms with van der Waals surface area (Å²) in [7, 11) is 0. The van der Waals surface area contributed by atoms with Crippen LogP contribution in [0.15, 0.2) is 36.8 Å². The van der Waals surface area contributed by atoms with E-state index in [9.17, 15) is 0 Å². The van der Waals surface area contributed by atoms with E-state index in [1.54, 1.807) is 18.6 Å². The number of rotatable bonds is 4. The average molecular weight is 334 g/mol. The molecule has 0 saturated carbocycles. The van der Waals surface area contributed by atoms with Crippen LogP contribution in [0, 0.1) is 20.8 Å². The van der Waals surface area contributed by atoms with Gasteiger partial charge in [0.15, 0.2) is 6.21 Å². The first-order valence-corrected chi connectivity index (χ1v) is 7.87. The molecule has 2 aromatic heterocycles. The second kappa shape index (κ2) is 6.68. The van der Waals surface area contributed by atoms with E-state index in [0.29, 0.717) is 22.9 Å². The topological polar surface area (TPSA) is 99.5 Å². The Balaban J connectivity index is 1.99. The zero-order valence-electron chi connectivity index (χ0n) is 14.4.